The lowest BCUT2D eigenvalue weighted by Crippen LogP contribution is -2.14. The summed E-state index contributed by atoms with van der Waals surface area (Å²) in [5.41, 5.74) is 1.65. The van der Waals surface area contributed by atoms with Crippen molar-refractivity contribution in [3.63, 3.8) is 0 Å². The van der Waals surface area contributed by atoms with E-state index in [2.05, 4.69) is 20.6 Å². The number of carbonyl (C=O) groups excluding carboxylic acids is 1. The molecule has 0 bridgehead atoms. The van der Waals surface area contributed by atoms with E-state index in [4.69, 9.17) is 9.47 Å². The summed E-state index contributed by atoms with van der Waals surface area (Å²) in [6, 6.07) is 11.2. The molecule has 3 aromatic rings. The van der Waals surface area contributed by atoms with Gasteiger partial charge in [0, 0.05) is 25.0 Å². The fourth-order valence-electron chi connectivity index (χ4n) is 2.43. The highest BCUT2D eigenvalue weighted by Crippen LogP contribution is 2.29. The molecule has 144 valence electrons. The van der Waals surface area contributed by atoms with E-state index in [-0.39, 0.29) is 17.3 Å². The topological polar surface area (TPSA) is 85.4 Å². The molecule has 2 N–H and O–H groups in total. The van der Waals surface area contributed by atoms with Crippen molar-refractivity contribution in [2.24, 2.45) is 0 Å². The zero-order valence-electron chi connectivity index (χ0n) is 15.4. The predicted molar refractivity (Wildman–Crippen MR) is 103 cm³/mol. The van der Waals surface area contributed by atoms with Gasteiger partial charge in [-0.1, -0.05) is 12.1 Å². The van der Waals surface area contributed by atoms with Crippen LogP contribution in [0.4, 0.5) is 16.0 Å². The van der Waals surface area contributed by atoms with Crippen LogP contribution in [0.25, 0.3) is 0 Å². The molecule has 1 amide bonds. The van der Waals surface area contributed by atoms with E-state index in [9.17, 15) is 9.18 Å². The van der Waals surface area contributed by atoms with Crippen LogP contribution in [0.3, 0.4) is 0 Å². The lowest BCUT2D eigenvalue weighted by Gasteiger charge is -2.12. The van der Waals surface area contributed by atoms with E-state index >= 15 is 0 Å². The molecule has 7 nitrogen and oxygen atoms in total. The van der Waals surface area contributed by atoms with Gasteiger partial charge in [0.1, 0.15) is 17.3 Å². The molecule has 1 heterocycles. The maximum absolute atomic E-state index is 12.9. The minimum absolute atomic E-state index is 0.289. The minimum Gasteiger partial charge on any atom is -0.497 e. The SMILES string of the molecule is COc1ccc(OC)c(NC(=O)c2cnc(NCc3ccc(F)cc3)nc2)c1. The van der Waals surface area contributed by atoms with Crippen LogP contribution >= 0.6 is 0 Å². The third-order valence-corrected chi connectivity index (χ3v) is 3.93. The fraction of sp³-hybridized carbons (Fsp3) is 0.150. The quantitative estimate of drug-likeness (QED) is 0.651. The number of ether oxygens (including phenoxy) is 2. The van der Waals surface area contributed by atoms with Crippen molar-refractivity contribution in [2.45, 2.75) is 6.54 Å². The Morgan fingerprint density at radius 2 is 1.75 bits per heavy atom. The molecule has 0 aliphatic carbocycles. The number of nitrogens with zero attached hydrogens (tertiary/aromatic N) is 2. The molecule has 0 unspecified atom stereocenters. The number of benzene rings is 2. The van der Waals surface area contributed by atoms with Gasteiger partial charge in [0.25, 0.3) is 5.91 Å². The number of hydrogen-bond acceptors (Lipinski definition) is 6. The highest BCUT2D eigenvalue weighted by Gasteiger charge is 2.12. The summed E-state index contributed by atoms with van der Waals surface area (Å²) < 4.78 is 23.3. The lowest BCUT2D eigenvalue weighted by molar-refractivity contribution is 0.102. The van der Waals surface area contributed by atoms with Crippen molar-refractivity contribution < 1.29 is 18.7 Å². The van der Waals surface area contributed by atoms with Gasteiger partial charge in [-0.05, 0) is 29.8 Å². The van der Waals surface area contributed by atoms with Crippen LogP contribution in [-0.2, 0) is 6.54 Å². The van der Waals surface area contributed by atoms with Crippen LogP contribution in [0.1, 0.15) is 15.9 Å². The summed E-state index contributed by atoms with van der Waals surface area (Å²) in [4.78, 5) is 20.7. The third-order valence-electron chi connectivity index (χ3n) is 3.93. The molecule has 3 rings (SSSR count). The number of nitrogens with one attached hydrogen (secondary N) is 2. The number of halogens is 1. The first-order valence-corrected chi connectivity index (χ1v) is 8.43. The van der Waals surface area contributed by atoms with Crippen molar-refractivity contribution in [3.8, 4) is 11.5 Å². The highest BCUT2D eigenvalue weighted by molar-refractivity contribution is 6.04. The monoisotopic (exact) mass is 382 g/mol. The number of rotatable bonds is 7. The van der Waals surface area contributed by atoms with Crippen LogP contribution in [0.2, 0.25) is 0 Å². The Labute approximate surface area is 161 Å². The molecule has 0 saturated carbocycles. The Balaban J connectivity index is 1.64. The summed E-state index contributed by atoms with van der Waals surface area (Å²) >= 11 is 0. The van der Waals surface area contributed by atoms with Gasteiger partial charge in [0.15, 0.2) is 0 Å². The summed E-state index contributed by atoms with van der Waals surface area (Å²) in [7, 11) is 3.06. The lowest BCUT2D eigenvalue weighted by atomic mass is 10.2. The first-order chi connectivity index (χ1) is 13.6. The number of amides is 1. The van der Waals surface area contributed by atoms with Crippen LogP contribution in [-0.4, -0.2) is 30.1 Å². The van der Waals surface area contributed by atoms with E-state index in [1.165, 1.54) is 31.6 Å². The van der Waals surface area contributed by atoms with Crippen molar-refractivity contribution in [1.29, 1.82) is 0 Å². The largest absolute Gasteiger partial charge is 0.497 e. The van der Waals surface area contributed by atoms with E-state index < -0.39 is 0 Å². The van der Waals surface area contributed by atoms with Gasteiger partial charge in [-0.3, -0.25) is 4.79 Å². The first-order valence-electron chi connectivity index (χ1n) is 8.43. The van der Waals surface area contributed by atoms with Crippen LogP contribution in [0.15, 0.2) is 54.9 Å². The van der Waals surface area contributed by atoms with Gasteiger partial charge >= 0.3 is 0 Å². The number of carbonyl (C=O) groups is 1. The highest BCUT2D eigenvalue weighted by atomic mass is 19.1. The molecule has 0 saturated heterocycles. The van der Waals surface area contributed by atoms with Crippen LogP contribution in [0.5, 0.6) is 11.5 Å². The Kier molecular flexibility index (Phi) is 6.01. The van der Waals surface area contributed by atoms with Crippen molar-refractivity contribution in [2.75, 3.05) is 24.9 Å². The van der Waals surface area contributed by atoms with Gasteiger partial charge in [-0.15, -0.1) is 0 Å². The third kappa shape index (κ3) is 4.73. The van der Waals surface area contributed by atoms with Gasteiger partial charge in [0.2, 0.25) is 5.95 Å². The molecule has 2 aromatic carbocycles. The molecule has 28 heavy (non-hydrogen) atoms. The molecule has 8 heteroatoms. The second-order valence-corrected chi connectivity index (χ2v) is 5.80. The predicted octanol–water partition coefficient (Wildman–Crippen LogP) is 3.50. The zero-order chi connectivity index (χ0) is 19.9. The Bertz CT molecular complexity index is 947. The zero-order valence-corrected chi connectivity index (χ0v) is 15.4. The number of methoxy groups -OCH3 is 2. The second-order valence-electron chi connectivity index (χ2n) is 5.80. The molecule has 0 fully saturated rings. The second kappa shape index (κ2) is 8.81. The Morgan fingerprint density at radius 1 is 1.04 bits per heavy atom. The molecule has 0 atom stereocenters. The Hall–Kier alpha value is -3.68. The smallest absolute Gasteiger partial charge is 0.258 e. The number of hydrogen-bond donors (Lipinski definition) is 2. The summed E-state index contributed by atoms with van der Waals surface area (Å²) in [6.07, 6.45) is 2.84. The maximum Gasteiger partial charge on any atom is 0.258 e. The van der Waals surface area contributed by atoms with Gasteiger partial charge in [-0.2, -0.15) is 0 Å². The summed E-state index contributed by atoms with van der Waals surface area (Å²) in [5.74, 6) is 0.792. The maximum atomic E-state index is 12.9. The Morgan fingerprint density at radius 3 is 2.39 bits per heavy atom. The van der Waals surface area contributed by atoms with Crippen molar-refractivity contribution >= 4 is 17.5 Å². The van der Waals surface area contributed by atoms with Gasteiger partial charge in [0.05, 0.1) is 25.5 Å². The summed E-state index contributed by atoms with van der Waals surface area (Å²) in [6.45, 7) is 0.437. The fourth-order valence-corrected chi connectivity index (χ4v) is 2.43. The van der Waals surface area contributed by atoms with Gasteiger partial charge in [-0.25, -0.2) is 14.4 Å². The van der Waals surface area contributed by atoms with Crippen molar-refractivity contribution in [3.05, 3.63) is 71.8 Å². The van der Waals surface area contributed by atoms with Crippen LogP contribution in [0, 0.1) is 5.82 Å². The molecular weight excluding hydrogens is 363 g/mol. The molecule has 0 aliphatic rings. The number of aromatic nitrogens is 2. The normalized spacial score (nSPS) is 10.2. The first kappa shape index (κ1) is 19.1. The van der Waals surface area contributed by atoms with E-state index in [0.717, 1.165) is 5.56 Å². The number of anilines is 2. The minimum atomic E-state index is -0.378. The van der Waals surface area contributed by atoms with E-state index in [1.54, 1.807) is 37.4 Å². The summed E-state index contributed by atoms with van der Waals surface area (Å²) in [5, 5.41) is 5.77. The average Bonchev–Trinajstić information content (AvgIpc) is 2.73. The van der Waals surface area contributed by atoms with Gasteiger partial charge < -0.3 is 20.1 Å². The van der Waals surface area contributed by atoms with E-state index in [1.807, 2.05) is 0 Å². The molecular formula is C20H19FN4O3. The van der Waals surface area contributed by atoms with Crippen LogP contribution < -0.4 is 20.1 Å². The molecule has 0 spiro atoms. The standard InChI is InChI=1S/C20H19FN4O3/c1-27-16-7-8-18(28-2)17(9-16)25-19(26)14-11-23-20(24-12-14)22-10-13-3-5-15(21)6-4-13/h3-9,11-12H,10H2,1-2H3,(H,25,26)(H,22,23,24). The average molecular weight is 382 g/mol. The van der Waals surface area contributed by atoms with Crippen molar-refractivity contribution in [1.82, 2.24) is 9.97 Å². The van der Waals surface area contributed by atoms with E-state index in [0.29, 0.717) is 29.7 Å². The molecule has 0 radical (unpaired) electrons. The molecule has 1 aromatic heterocycles. The molecule has 0 aliphatic heterocycles.